The molecule has 1 aromatic heterocycles. The van der Waals surface area contributed by atoms with Gasteiger partial charge in [0.05, 0.1) is 19.7 Å². The summed E-state index contributed by atoms with van der Waals surface area (Å²) in [5, 5.41) is 0.963. The van der Waals surface area contributed by atoms with Gasteiger partial charge in [-0.05, 0) is 36.6 Å². The van der Waals surface area contributed by atoms with E-state index in [1.807, 2.05) is 12.1 Å². The van der Waals surface area contributed by atoms with Crippen LogP contribution in [0.4, 0.5) is 11.5 Å². The SMILES string of the molecule is COc1cc2ncnc(N3CCc4ccc(C)cc43)c2cc1OC. The van der Waals surface area contributed by atoms with E-state index in [2.05, 4.69) is 40.0 Å². The minimum atomic E-state index is 0.673. The Labute approximate surface area is 140 Å². The van der Waals surface area contributed by atoms with Gasteiger partial charge >= 0.3 is 0 Å². The number of fused-ring (bicyclic) bond motifs is 2. The third-order valence-corrected chi connectivity index (χ3v) is 4.51. The maximum absolute atomic E-state index is 5.45. The fraction of sp³-hybridized carbons (Fsp3) is 0.263. The van der Waals surface area contributed by atoms with Crippen molar-refractivity contribution in [3.8, 4) is 11.5 Å². The van der Waals surface area contributed by atoms with E-state index in [9.17, 15) is 0 Å². The fourth-order valence-corrected chi connectivity index (χ4v) is 3.29. The molecule has 0 unspecified atom stereocenters. The average Bonchev–Trinajstić information content (AvgIpc) is 3.02. The predicted molar refractivity (Wildman–Crippen MR) is 94.5 cm³/mol. The van der Waals surface area contributed by atoms with Crippen LogP contribution in [0.25, 0.3) is 10.9 Å². The molecule has 5 heteroatoms. The second-order valence-corrected chi connectivity index (χ2v) is 5.96. The quantitative estimate of drug-likeness (QED) is 0.737. The van der Waals surface area contributed by atoms with E-state index < -0.39 is 0 Å². The second-order valence-electron chi connectivity index (χ2n) is 5.96. The van der Waals surface area contributed by atoms with Crippen molar-refractivity contribution < 1.29 is 9.47 Å². The molecule has 122 valence electrons. The van der Waals surface area contributed by atoms with E-state index in [1.54, 1.807) is 20.5 Å². The number of aryl methyl sites for hydroxylation is 1. The summed E-state index contributed by atoms with van der Waals surface area (Å²) in [6, 6.07) is 10.4. The molecule has 0 fully saturated rings. The van der Waals surface area contributed by atoms with Crippen molar-refractivity contribution in [2.75, 3.05) is 25.7 Å². The Morgan fingerprint density at radius 3 is 2.58 bits per heavy atom. The summed E-state index contributed by atoms with van der Waals surface area (Å²) in [7, 11) is 3.27. The topological polar surface area (TPSA) is 47.5 Å². The van der Waals surface area contributed by atoms with Crippen LogP contribution in [0, 0.1) is 6.92 Å². The van der Waals surface area contributed by atoms with Crippen LogP contribution < -0.4 is 14.4 Å². The Balaban J connectivity index is 1.91. The lowest BCUT2D eigenvalue weighted by molar-refractivity contribution is 0.356. The van der Waals surface area contributed by atoms with Crippen LogP contribution >= 0.6 is 0 Å². The molecule has 3 aromatic rings. The first kappa shape index (κ1) is 14.8. The Bertz CT molecular complexity index is 924. The van der Waals surface area contributed by atoms with Crippen molar-refractivity contribution in [2.24, 2.45) is 0 Å². The first-order valence-corrected chi connectivity index (χ1v) is 7.95. The molecule has 0 spiro atoms. The molecule has 0 amide bonds. The molecule has 0 saturated carbocycles. The molecule has 24 heavy (non-hydrogen) atoms. The molecular formula is C19H19N3O2. The smallest absolute Gasteiger partial charge is 0.162 e. The number of benzene rings is 2. The van der Waals surface area contributed by atoms with Gasteiger partial charge in [0.2, 0.25) is 0 Å². The van der Waals surface area contributed by atoms with Crippen LogP contribution in [0.1, 0.15) is 11.1 Å². The number of aromatic nitrogens is 2. The van der Waals surface area contributed by atoms with Crippen molar-refractivity contribution in [1.29, 1.82) is 0 Å². The maximum Gasteiger partial charge on any atom is 0.162 e. The van der Waals surface area contributed by atoms with Crippen molar-refractivity contribution in [3.63, 3.8) is 0 Å². The van der Waals surface area contributed by atoms with Crippen LogP contribution in [0.2, 0.25) is 0 Å². The molecule has 2 heterocycles. The second kappa shape index (κ2) is 5.67. The number of ether oxygens (including phenoxy) is 2. The van der Waals surface area contributed by atoms with E-state index in [0.717, 1.165) is 29.7 Å². The van der Waals surface area contributed by atoms with Crippen LogP contribution in [0.3, 0.4) is 0 Å². The van der Waals surface area contributed by atoms with Gasteiger partial charge in [-0.15, -0.1) is 0 Å². The normalized spacial score (nSPS) is 13.2. The van der Waals surface area contributed by atoms with Crippen molar-refractivity contribution in [2.45, 2.75) is 13.3 Å². The number of hydrogen-bond acceptors (Lipinski definition) is 5. The lowest BCUT2D eigenvalue weighted by atomic mass is 10.1. The third kappa shape index (κ3) is 2.24. The molecule has 5 nitrogen and oxygen atoms in total. The van der Waals surface area contributed by atoms with Gasteiger partial charge in [0.15, 0.2) is 11.5 Å². The monoisotopic (exact) mass is 321 g/mol. The van der Waals surface area contributed by atoms with E-state index >= 15 is 0 Å². The molecule has 1 aliphatic heterocycles. The zero-order chi connectivity index (χ0) is 16.7. The summed E-state index contributed by atoms with van der Waals surface area (Å²) in [5.41, 5.74) is 4.68. The van der Waals surface area contributed by atoms with Gasteiger partial charge in [-0.25, -0.2) is 9.97 Å². The molecular weight excluding hydrogens is 302 g/mol. The molecule has 0 N–H and O–H groups in total. The van der Waals surface area contributed by atoms with Crippen LogP contribution in [-0.2, 0) is 6.42 Å². The highest BCUT2D eigenvalue weighted by Crippen LogP contribution is 2.40. The van der Waals surface area contributed by atoms with Crippen molar-refractivity contribution >= 4 is 22.4 Å². The number of hydrogen-bond donors (Lipinski definition) is 0. The van der Waals surface area contributed by atoms with E-state index in [-0.39, 0.29) is 0 Å². The van der Waals surface area contributed by atoms with Crippen molar-refractivity contribution in [3.05, 3.63) is 47.8 Å². The summed E-state index contributed by atoms with van der Waals surface area (Å²) in [5.74, 6) is 2.27. The minimum absolute atomic E-state index is 0.673. The van der Waals surface area contributed by atoms with E-state index in [4.69, 9.17) is 9.47 Å². The fourth-order valence-electron chi connectivity index (χ4n) is 3.29. The molecule has 2 aromatic carbocycles. The zero-order valence-electron chi connectivity index (χ0n) is 14.0. The summed E-state index contributed by atoms with van der Waals surface area (Å²) < 4.78 is 10.8. The van der Waals surface area contributed by atoms with Crippen molar-refractivity contribution in [1.82, 2.24) is 9.97 Å². The Kier molecular flexibility index (Phi) is 3.49. The molecule has 0 bridgehead atoms. The highest BCUT2D eigenvalue weighted by atomic mass is 16.5. The van der Waals surface area contributed by atoms with Crippen LogP contribution in [-0.4, -0.2) is 30.7 Å². The zero-order valence-corrected chi connectivity index (χ0v) is 14.0. The lowest BCUT2D eigenvalue weighted by Crippen LogP contribution is -2.15. The van der Waals surface area contributed by atoms with E-state index in [0.29, 0.717) is 11.5 Å². The molecule has 0 saturated heterocycles. The highest BCUT2D eigenvalue weighted by Gasteiger charge is 2.24. The van der Waals surface area contributed by atoms with Crippen LogP contribution in [0.5, 0.6) is 11.5 Å². The summed E-state index contributed by atoms with van der Waals surface area (Å²) in [6.07, 6.45) is 2.63. The Morgan fingerprint density at radius 1 is 1.00 bits per heavy atom. The average molecular weight is 321 g/mol. The largest absolute Gasteiger partial charge is 0.493 e. The lowest BCUT2D eigenvalue weighted by Gasteiger charge is -2.21. The standard InChI is InChI=1S/C19H19N3O2/c1-12-4-5-13-6-7-22(16(13)8-12)19-14-9-17(23-2)18(24-3)10-15(14)20-11-21-19/h4-5,8-11H,6-7H2,1-3H3. The number of nitrogens with zero attached hydrogens (tertiary/aromatic N) is 3. The maximum atomic E-state index is 5.45. The van der Waals surface area contributed by atoms with Gasteiger partial charge in [-0.3, -0.25) is 0 Å². The van der Waals surface area contributed by atoms with Gasteiger partial charge in [-0.1, -0.05) is 12.1 Å². The predicted octanol–water partition coefficient (Wildman–Crippen LogP) is 3.65. The summed E-state index contributed by atoms with van der Waals surface area (Å²) in [4.78, 5) is 11.2. The first-order valence-electron chi connectivity index (χ1n) is 7.95. The number of methoxy groups -OCH3 is 2. The Morgan fingerprint density at radius 2 is 1.79 bits per heavy atom. The van der Waals surface area contributed by atoms with Gasteiger partial charge in [-0.2, -0.15) is 0 Å². The molecule has 0 aliphatic carbocycles. The summed E-state index contributed by atoms with van der Waals surface area (Å²) >= 11 is 0. The molecule has 1 aliphatic rings. The molecule has 4 rings (SSSR count). The highest BCUT2D eigenvalue weighted by molar-refractivity contribution is 5.94. The molecule has 0 atom stereocenters. The van der Waals surface area contributed by atoms with Gasteiger partial charge in [0, 0.05) is 23.7 Å². The van der Waals surface area contributed by atoms with E-state index in [1.165, 1.54) is 16.8 Å². The van der Waals surface area contributed by atoms with Gasteiger partial charge in [0.1, 0.15) is 12.1 Å². The number of rotatable bonds is 3. The first-order chi connectivity index (χ1) is 11.7. The summed E-state index contributed by atoms with van der Waals surface area (Å²) in [6.45, 7) is 3.03. The van der Waals surface area contributed by atoms with Crippen LogP contribution in [0.15, 0.2) is 36.7 Å². The minimum Gasteiger partial charge on any atom is -0.493 e. The molecule has 0 radical (unpaired) electrons. The van der Waals surface area contributed by atoms with Gasteiger partial charge in [0.25, 0.3) is 0 Å². The number of anilines is 2. The van der Waals surface area contributed by atoms with Gasteiger partial charge < -0.3 is 14.4 Å². The Hall–Kier alpha value is -2.82. The third-order valence-electron chi connectivity index (χ3n) is 4.51.